The molecular formula is C13H14F3IN2. The number of hydrogen-bond donors (Lipinski definition) is 0. The Morgan fingerprint density at radius 3 is 2.47 bits per heavy atom. The van der Waals surface area contributed by atoms with Gasteiger partial charge in [-0.15, -0.1) is 0 Å². The van der Waals surface area contributed by atoms with Crippen molar-refractivity contribution in [2.45, 2.75) is 26.1 Å². The van der Waals surface area contributed by atoms with Crippen LogP contribution in [0.4, 0.5) is 13.2 Å². The van der Waals surface area contributed by atoms with E-state index in [0.717, 1.165) is 12.4 Å². The molecule has 0 saturated carbocycles. The molecule has 1 aromatic heterocycles. The molecule has 3 rings (SSSR count). The summed E-state index contributed by atoms with van der Waals surface area (Å²) >= 11 is -1.22. The van der Waals surface area contributed by atoms with E-state index in [1.165, 1.54) is 12.4 Å². The summed E-state index contributed by atoms with van der Waals surface area (Å²) in [5, 5.41) is 0. The molecule has 1 aromatic carbocycles. The molecule has 1 saturated heterocycles. The van der Waals surface area contributed by atoms with Gasteiger partial charge in [-0.05, 0) is 0 Å². The quantitative estimate of drug-likeness (QED) is 0.559. The van der Waals surface area contributed by atoms with Gasteiger partial charge in [0.25, 0.3) is 0 Å². The van der Waals surface area contributed by atoms with E-state index < -0.39 is 31.6 Å². The van der Waals surface area contributed by atoms with Crippen molar-refractivity contribution in [3.05, 3.63) is 27.6 Å². The summed E-state index contributed by atoms with van der Waals surface area (Å²) in [5.41, 5.74) is 0.196. The molecule has 1 fully saturated rings. The Hall–Kier alpha value is -0.790. The number of alkyl halides is 5. The standard InChI is InChI=1S/C13H14F3IN2/c1-8(2)19-7-18-11-6-9(17-3-4-17)5-10(12(11)19)13(14,15)16/h5-8H,3-4H2,1-2H3. The number of hydrogen-bond acceptors (Lipinski definition) is 1. The van der Waals surface area contributed by atoms with Crippen molar-refractivity contribution in [1.82, 2.24) is 9.55 Å². The van der Waals surface area contributed by atoms with Crippen LogP contribution in [0, 0.1) is 3.57 Å². The third-order valence-electron chi connectivity index (χ3n) is 3.18. The predicted octanol–water partition coefficient (Wildman–Crippen LogP) is 4.33. The van der Waals surface area contributed by atoms with E-state index in [9.17, 15) is 13.2 Å². The van der Waals surface area contributed by atoms with Crippen LogP contribution in [0.25, 0.3) is 11.0 Å². The van der Waals surface area contributed by atoms with Gasteiger partial charge in [0, 0.05) is 0 Å². The van der Waals surface area contributed by atoms with Crippen LogP contribution in [-0.2, 0) is 6.18 Å². The minimum atomic E-state index is -4.31. The van der Waals surface area contributed by atoms with E-state index in [-0.39, 0.29) is 11.6 Å². The number of aromatic nitrogens is 2. The first kappa shape index (κ1) is 13.2. The minimum absolute atomic E-state index is 0.0308. The van der Waals surface area contributed by atoms with Gasteiger partial charge in [-0.3, -0.25) is 0 Å². The molecule has 0 spiro atoms. The van der Waals surface area contributed by atoms with Crippen LogP contribution in [0.1, 0.15) is 25.5 Å². The summed E-state index contributed by atoms with van der Waals surface area (Å²) in [7, 11) is 0. The Morgan fingerprint density at radius 2 is 1.95 bits per heavy atom. The van der Waals surface area contributed by atoms with E-state index >= 15 is 0 Å². The molecule has 2 nitrogen and oxygen atoms in total. The van der Waals surface area contributed by atoms with Gasteiger partial charge in [0.1, 0.15) is 0 Å². The molecule has 104 valence electrons. The summed E-state index contributed by atoms with van der Waals surface area (Å²) in [6.07, 6.45) is -2.79. The second-order valence-electron chi connectivity index (χ2n) is 4.90. The van der Waals surface area contributed by atoms with E-state index in [2.05, 4.69) is 4.98 Å². The zero-order valence-corrected chi connectivity index (χ0v) is 12.8. The van der Waals surface area contributed by atoms with Crippen LogP contribution < -0.4 is 0 Å². The summed E-state index contributed by atoms with van der Waals surface area (Å²) in [5.74, 6) is 0. The zero-order valence-electron chi connectivity index (χ0n) is 10.6. The average molecular weight is 382 g/mol. The van der Waals surface area contributed by atoms with Gasteiger partial charge in [0.15, 0.2) is 0 Å². The van der Waals surface area contributed by atoms with E-state index in [0.29, 0.717) is 5.52 Å². The van der Waals surface area contributed by atoms with Crippen LogP contribution in [-0.4, -0.2) is 18.4 Å². The molecule has 0 amide bonds. The van der Waals surface area contributed by atoms with Crippen LogP contribution in [0.5, 0.6) is 0 Å². The number of rotatable bonds is 2. The number of imidazole rings is 1. The van der Waals surface area contributed by atoms with Gasteiger partial charge in [0.2, 0.25) is 0 Å². The molecule has 6 heteroatoms. The van der Waals surface area contributed by atoms with E-state index in [1.54, 1.807) is 4.57 Å². The monoisotopic (exact) mass is 382 g/mol. The van der Waals surface area contributed by atoms with Crippen molar-refractivity contribution in [3.63, 3.8) is 0 Å². The predicted molar refractivity (Wildman–Crippen MR) is 77.6 cm³/mol. The Bertz CT molecular complexity index is 627. The summed E-state index contributed by atoms with van der Waals surface area (Å²) in [6, 6.07) is 3.22. The van der Waals surface area contributed by atoms with Crippen LogP contribution in [0.2, 0.25) is 0 Å². The second-order valence-corrected chi connectivity index (χ2v) is 10.9. The molecule has 1 aliphatic heterocycles. The van der Waals surface area contributed by atoms with Crippen molar-refractivity contribution >= 4 is 30.9 Å². The molecule has 0 radical (unpaired) electrons. The molecule has 19 heavy (non-hydrogen) atoms. The van der Waals surface area contributed by atoms with E-state index in [1.807, 2.05) is 19.9 Å². The van der Waals surface area contributed by atoms with Gasteiger partial charge in [0.05, 0.1) is 0 Å². The Labute approximate surface area is 116 Å². The van der Waals surface area contributed by atoms with Crippen molar-refractivity contribution in [2.24, 2.45) is 0 Å². The summed E-state index contributed by atoms with van der Waals surface area (Å²) in [6.45, 7) is 3.73. The van der Waals surface area contributed by atoms with Gasteiger partial charge in [-0.2, -0.15) is 0 Å². The molecule has 2 aromatic rings. The normalized spacial score (nSPS) is 17.5. The zero-order chi connectivity index (χ0) is 13.8. The van der Waals surface area contributed by atoms with Crippen molar-refractivity contribution in [1.29, 1.82) is 0 Å². The van der Waals surface area contributed by atoms with Crippen LogP contribution in [0.3, 0.4) is 0 Å². The Morgan fingerprint density at radius 1 is 1.26 bits per heavy atom. The fraction of sp³-hybridized carbons (Fsp3) is 0.462. The van der Waals surface area contributed by atoms with Crippen molar-refractivity contribution in [2.75, 3.05) is 8.86 Å². The SMILES string of the molecule is CC(C)n1cnc2cc(I3CC3)cc(C(F)(F)F)c21. The summed E-state index contributed by atoms with van der Waals surface area (Å²) < 4.78 is 44.6. The first-order valence-electron chi connectivity index (χ1n) is 6.07. The van der Waals surface area contributed by atoms with Crippen molar-refractivity contribution < 1.29 is 13.2 Å². The molecule has 0 atom stereocenters. The van der Waals surface area contributed by atoms with Gasteiger partial charge < -0.3 is 0 Å². The molecule has 0 unspecified atom stereocenters. The first-order chi connectivity index (χ1) is 8.88. The molecule has 0 bridgehead atoms. The fourth-order valence-electron chi connectivity index (χ4n) is 2.15. The first-order valence-corrected chi connectivity index (χ1v) is 10.2. The maximum absolute atomic E-state index is 13.3. The number of fused-ring (bicyclic) bond motifs is 1. The maximum atomic E-state index is 13.3. The summed E-state index contributed by atoms with van der Waals surface area (Å²) in [4.78, 5) is 4.17. The third kappa shape index (κ3) is 2.34. The topological polar surface area (TPSA) is 17.8 Å². The Balaban J connectivity index is 2.29. The number of halogens is 4. The van der Waals surface area contributed by atoms with E-state index in [4.69, 9.17) is 0 Å². The molecule has 0 N–H and O–H groups in total. The molecular weight excluding hydrogens is 368 g/mol. The van der Waals surface area contributed by atoms with Gasteiger partial charge in [-0.25, -0.2) is 0 Å². The van der Waals surface area contributed by atoms with Gasteiger partial charge >= 0.3 is 116 Å². The molecule has 1 aliphatic rings. The van der Waals surface area contributed by atoms with Crippen LogP contribution in [0.15, 0.2) is 18.5 Å². The van der Waals surface area contributed by atoms with Crippen LogP contribution >= 0.6 is 19.8 Å². The molecule has 2 heterocycles. The van der Waals surface area contributed by atoms with Crippen molar-refractivity contribution in [3.8, 4) is 0 Å². The average Bonchev–Trinajstić information content (AvgIpc) is 3.06. The third-order valence-corrected chi connectivity index (χ3v) is 7.72. The number of nitrogens with zero attached hydrogens (tertiary/aromatic N) is 2. The van der Waals surface area contributed by atoms with Gasteiger partial charge in [-0.1, -0.05) is 0 Å². The number of benzene rings is 1. The second kappa shape index (κ2) is 4.36. The fourth-order valence-corrected chi connectivity index (χ4v) is 6.46. The Kier molecular flexibility index (Phi) is 3.03. The molecule has 0 aliphatic carbocycles.